The Morgan fingerprint density at radius 1 is 1.64 bits per heavy atom. The molecule has 0 aromatic carbocycles. The second-order valence-corrected chi connectivity index (χ2v) is 3.90. The lowest BCUT2D eigenvalue weighted by Crippen LogP contribution is -2.19. The number of hydrogen-bond donors (Lipinski definition) is 1. The molecule has 1 aliphatic rings. The summed E-state index contributed by atoms with van der Waals surface area (Å²) in [5, 5.41) is 0. The SMILES string of the molecule is C[C@@H]1CCN(c2cnc(N)c(F)c2)C1. The molecular formula is C10H14FN3. The molecule has 1 saturated heterocycles. The van der Waals surface area contributed by atoms with Crippen molar-refractivity contribution in [3.63, 3.8) is 0 Å². The summed E-state index contributed by atoms with van der Waals surface area (Å²) in [5.74, 6) is 0.221. The predicted molar refractivity (Wildman–Crippen MR) is 54.6 cm³/mol. The molecule has 1 atom stereocenters. The highest BCUT2D eigenvalue weighted by Gasteiger charge is 2.19. The van der Waals surface area contributed by atoms with Gasteiger partial charge in [0, 0.05) is 19.2 Å². The Morgan fingerprint density at radius 3 is 3.00 bits per heavy atom. The van der Waals surface area contributed by atoms with Crippen molar-refractivity contribution in [1.82, 2.24) is 4.98 Å². The van der Waals surface area contributed by atoms with Crippen molar-refractivity contribution in [1.29, 1.82) is 0 Å². The molecule has 3 nitrogen and oxygen atoms in total. The summed E-state index contributed by atoms with van der Waals surface area (Å²) in [6.45, 7) is 4.15. The van der Waals surface area contributed by atoms with Crippen LogP contribution < -0.4 is 10.6 Å². The van der Waals surface area contributed by atoms with Gasteiger partial charge in [-0.3, -0.25) is 0 Å². The quantitative estimate of drug-likeness (QED) is 0.740. The number of nitrogen functional groups attached to an aromatic ring is 1. The van der Waals surface area contributed by atoms with E-state index in [1.54, 1.807) is 6.20 Å². The summed E-state index contributed by atoms with van der Waals surface area (Å²) in [7, 11) is 0. The molecular weight excluding hydrogens is 181 g/mol. The topological polar surface area (TPSA) is 42.2 Å². The van der Waals surface area contributed by atoms with Gasteiger partial charge >= 0.3 is 0 Å². The van der Waals surface area contributed by atoms with E-state index in [4.69, 9.17) is 5.73 Å². The minimum atomic E-state index is -0.429. The molecule has 2 N–H and O–H groups in total. The van der Waals surface area contributed by atoms with E-state index in [0.29, 0.717) is 5.92 Å². The van der Waals surface area contributed by atoms with Gasteiger partial charge in [-0.05, 0) is 12.3 Å². The maximum atomic E-state index is 13.1. The number of nitrogens with two attached hydrogens (primary N) is 1. The molecule has 1 aliphatic heterocycles. The summed E-state index contributed by atoms with van der Waals surface area (Å²) >= 11 is 0. The van der Waals surface area contributed by atoms with Crippen molar-refractivity contribution in [2.45, 2.75) is 13.3 Å². The Labute approximate surface area is 82.7 Å². The molecule has 1 aromatic rings. The number of nitrogens with zero attached hydrogens (tertiary/aromatic N) is 2. The third kappa shape index (κ3) is 1.64. The lowest BCUT2D eigenvalue weighted by atomic mass is 10.2. The van der Waals surface area contributed by atoms with Crippen molar-refractivity contribution in [2.75, 3.05) is 23.7 Å². The van der Waals surface area contributed by atoms with Crippen molar-refractivity contribution in [3.05, 3.63) is 18.1 Å². The van der Waals surface area contributed by atoms with Crippen LogP contribution in [0.25, 0.3) is 0 Å². The number of hydrogen-bond acceptors (Lipinski definition) is 3. The van der Waals surface area contributed by atoms with E-state index in [-0.39, 0.29) is 5.82 Å². The molecule has 1 fully saturated rings. The van der Waals surface area contributed by atoms with Gasteiger partial charge in [0.25, 0.3) is 0 Å². The first-order chi connectivity index (χ1) is 6.66. The molecule has 0 amide bonds. The molecule has 0 aliphatic carbocycles. The fourth-order valence-electron chi connectivity index (χ4n) is 1.78. The smallest absolute Gasteiger partial charge is 0.167 e. The van der Waals surface area contributed by atoms with Crippen LogP contribution in [-0.4, -0.2) is 18.1 Å². The van der Waals surface area contributed by atoms with Gasteiger partial charge in [0.15, 0.2) is 11.6 Å². The minimum absolute atomic E-state index is 0.0269. The summed E-state index contributed by atoms with van der Waals surface area (Å²) < 4.78 is 13.1. The second-order valence-electron chi connectivity index (χ2n) is 3.90. The zero-order valence-electron chi connectivity index (χ0n) is 8.20. The molecule has 2 heterocycles. The van der Waals surface area contributed by atoms with Crippen LogP contribution in [0.15, 0.2) is 12.3 Å². The van der Waals surface area contributed by atoms with E-state index in [1.165, 1.54) is 6.07 Å². The van der Waals surface area contributed by atoms with E-state index in [2.05, 4.69) is 16.8 Å². The van der Waals surface area contributed by atoms with Crippen LogP contribution in [0.2, 0.25) is 0 Å². The van der Waals surface area contributed by atoms with Crippen LogP contribution in [0.5, 0.6) is 0 Å². The third-order valence-corrected chi connectivity index (χ3v) is 2.64. The summed E-state index contributed by atoms with van der Waals surface area (Å²) in [5.41, 5.74) is 6.14. The summed E-state index contributed by atoms with van der Waals surface area (Å²) in [4.78, 5) is 5.95. The third-order valence-electron chi connectivity index (χ3n) is 2.64. The first kappa shape index (κ1) is 9.24. The molecule has 76 valence electrons. The van der Waals surface area contributed by atoms with Gasteiger partial charge in [-0.2, -0.15) is 0 Å². The molecule has 4 heteroatoms. The minimum Gasteiger partial charge on any atom is -0.381 e. The molecule has 0 unspecified atom stereocenters. The largest absolute Gasteiger partial charge is 0.381 e. The number of pyridine rings is 1. The van der Waals surface area contributed by atoms with E-state index in [1.807, 2.05) is 0 Å². The van der Waals surface area contributed by atoms with Crippen molar-refractivity contribution < 1.29 is 4.39 Å². The standard InChI is InChI=1S/C10H14FN3/c1-7-2-3-14(6-7)8-4-9(11)10(12)13-5-8/h4-5,7H,2-3,6H2,1H3,(H2,12,13)/t7-/m1/s1. The van der Waals surface area contributed by atoms with E-state index in [0.717, 1.165) is 25.2 Å². The molecule has 14 heavy (non-hydrogen) atoms. The van der Waals surface area contributed by atoms with Crippen LogP contribution in [-0.2, 0) is 0 Å². The van der Waals surface area contributed by atoms with Gasteiger partial charge in [-0.1, -0.05) is 6.92 Å². The second kappa shape index (κ2) is 3.44. The number of aromatic nitrogens is 1. The zero-order valence-corrected chi connectivity index (χ0v) is 8.20. The first-order valence-electron chi connectivity index (χ1n) is 4.83. The highest BCUT2D eigenvalue weighted by atomic mass is 19.1. The van der Waals surface area contributed by atoms with Gasteiger partial charge in [-0.15, -0.1) is 0 Å². The normalized spacial score (nSPS) is 21.6. The molecule has 2 rings (SSSR count). The number of anilines is 2. The highest BCUT2D eigenvalue weighted by Crippen LogP contribution is 2.24. The van der Waals surface area contributed by atoms with E-state index in [9.17, 15) is 4.39 Å². The van der Waals surface area contributed by atoms with Crippen molar-refractivity contribution >= 4 is 11.5 Å². The average Bonchev–Trinajstić information content (AvgIpc) is 2.57. The van der Waals surface area contributed by atoms with Crippen LogP contribution in [0.1, 0.15) is 13.3 Å². The zero-order chi connectivity index (χ0) is 10.1. The molecule has 0 saturated carbocycles. The summed E-state index contributed by atoms with van der Waals surface area (Å²) in [6, 6.07) is 1.46. The van der Waals surface area contributed by atoms with Crippen LogP contribution >= 0.6 is 0 Å². The monoisotopic (exact) mass is 195 g/mol. The number of halogens is 1. The van der Waals surface area contributed by atoms with Gasteiger partial charge in [-0.25, -0.2) is 9.37 Å². The fraction of sp³-hybridized carbons (Fsp3) is 0.500. The highest BCUT2D eigenvalue weighted by molar-refractivity contribution is 5.49. The predicted octanol–water partition coefficient (Wildman–Crippen LogP) is 1.65. The van der Waals surface area contributed by atoms with Gasteiger partial charge < -0.3 is 10.6 Å². The van der Waals surface area contributed by atoms with Crippen molar-refractivity contribution in [2.24, 2.45) is 5.92 Å². The lowest BCUT2D eigenvalue weighted by Gasteiger charge is -2.17. The lowest BCUT2D eigenvalue weighted by molar-refractivity contribution is 0.625. The van der Waals surface area contributed by atoms with Gasteiger partial charge in [0.1, 0.15) is 0 Å². The van der Waals surface area contributed by atoms with E-state index >= 15 is 0 Å². The van der Waals surface area contributed by atoms with Crippen LogP contribution in [0.4, 0.5) is 15.9 Å². The Balaban J connectivity index is 2.20. The van der Waals surface area contributed by atoms with Gasteiger partial charge in [0.05, 0.1) is 11.9 Å². The number of rotatable bonds is 1. The first-order valence-corrected chi connectivity index (χ1v) is 4.83. The Kier molecular flexibility index (Phi) is 2.27. The van der Waals surface area contributed by atoms with Crippen molar-refractivity contribution in [3.8, 4) is 0 Å². The maximum Gasteiger partial charge on any atom is 0.167 e. The van der Waals surface area contributed by atoms with Gasteiger partial charge in [0.2, 0.25) is 0 Å². The molecule has 1 aromatic heterocycles. The Morgan fingerprint density at radius 2 is 2.43 bits per heavy atom. The Bertz CT molecular complexity index is 340. The maximum absolute atomic E-state index is 13.1. The molecule has 0 radical (unpaired) electrons. The summed E-state index contributed by atoms with van der Waals surface area (Å²) in [6.07, 6.45) is 2.79. The molecule has 0 spiro atoms. The Hall–Kier alpha value is -1.32. The molecule has 0 bridgehead atoms. The van der Waals surface area contributed by atoms with E-state index < -0.39 is 5.82 Å². The average molecular weight is 195 g/mol. The fourth-order valence-corrected chi connectivity index (χ4v) is 1.78. The van der Waals surface area contributed by atoms with Crippen LogP contribution in [0.3, 0.4) is 0 Å². The van der Waals surface area contributed by atoms with Crippen LogP contribution in [0, 0.1) is 11.7 Å².